The van der Waals surface area contributed by atoms with Crippen molar-refractivity contribution in [3.63, 3.8) is 0 Å². The van der Waals surface area contributed by atoms with Crippen LogP contribution in [0.5, 0.6) is 0 Å². The number of ether oxygens (including phenoxy) is 2. The summed E-state index contributed by atoms with van der Waals surface area (Å²) in [5.41, 5.74) is 1.18. The summed E-state index contributed by atoms with van der Waals surface area (Å²) >= 11 is 6.25. The smallest absolute Gasteiger partial charge is 0.414 e. The van der Waals surface area contributed by atoms with Crippen molar-refractivity contribution in [2.24, 2.45) is 0 Å². The first kappa shape index (κ1) is 24.3. The Morgan fingerprint density at radius 1 is 1.31 bits per heavy atom. The van der Waals surface area contributed by atoms with Crippen molar-refractivity contribution in [3.8, 4) is 0 Å². The molecule has 0 spiro atoms. The van der Waals surface area contributed by atoms with Crippen LogP contribution in [0.3, 0.4) is 0 Å². The van der Waals surface area contributed by atoms with Crippen molar-refractivity contribution in [1.82, 2.24) is 10.0 Å². The van der Waals surface area contributed by atoms with Crippen molar-refractivity contribution >= 4 is 40.3 Å². The molecule has 9 nitrogen and oxygen atoms in total. The number of carbonyl (C=O) groups is 2. The Morgan fingerprint density at radius 3 is 2.66 bits per heavy atom. The fraction of sp³-hybridized carbons (Fsp3) is 0.591. The van der Waals surface area contributed by atoms with Gasteiger partial charge in [0.1, 0.15) is 10.8 Å². The van der Waals surface area contributed by atoms with Crippen LogP contribution in [0, 0.1) is 6.92 Å². The summed E-state index contributed by atoms with van der Waals surface area (Å²) in [5, 5.41) is 1.78. The van der Waals surface area contributed by atoms with Gasteiger partial charge >= 0.3 is 12.0 Å². The van der Waals surface area contributed by atoms with Crippen LogP contribution in [-0.2, 0) is 14.3 Å². The van der Waals surface area contributed by atoms with E-state index in [-0.39, 0.29) is 35.8 Å². The summed E-state index contributed by atoms with van der Waals surface area (Å²) in [6.07, 6.45) is 1.32. The number of rotatable bonds is 6. The number of carbonyl (C=O) groups excluding carboxylic acids is 2. The Bertz CT molecular complexity index is 994. The minimum atomic E-state index is -0.566. The molecule has 0 saturated carbocycles. The molecule has 0 aromatic carbocycles. The number of hydrogen-bond donors (Lipinski definition) is 0. The first-order valence-corrected chi connectivity index (χ1v) is 11.1. The number of fused-ring (bicyclic) bond motifs is 1. The minimum absolute atomic E-state index is 0.0216. The molecule has 3 rings (SSSR count). The molecule has 2 aromatic heterocycles. The molecule has 3 atom stereocenters. The van der Waals surface area contributed by atoms with Gasteiger partial charge in [-0.2, -0.15) is 0 Å². The van der Waals surface area contributed by atoms with Crippen molar-refractivity contribution in [2.75, 3.05) is 25.7 Å². The van der Waals surface area contributed by atoms with Gasteiger partial charge in [0.05, 0.1) is 37.0 Å². The van der Waals surface area contributed by atoms with Gasteiger partial charge in [0.2, 0.25) is 5.76 Å². The van der Waals surface area contributed by atoms with E-state index in [0.717, 1.165) is 11.5 Å². The molecule has 10 heteroatoms. The van der Waals surface area contributed by atoms with Gasteiger partial charge in [-0.15, -0.1) is 0 Å². The second kappa shape index (κ2) is 10.1. The van der Waals surface area contributed by atoms with Crippen LogP contribution in [0.2, 0.25) is 5.15 Å². The molecule has 0 radical (unpaired) electrons. The number of amides is 2. The SMILES string of the molecule is CCOC(=O)N(c1c(C(=O)N(C)OC)oc2c(C)nc(Cl)cc12)[C@@H]1C[C@H](CC)O[C@H](C)C1. The van der Waals surface area contributed by atoms with Crippen LogP contribution in [0.1, 0.15) is 56.3 Å². The maximum Gasteiger partial charge on any atom is 0.414 e. The Balaban J connectivity index is 2.26. The first-order chi connectivity index (χ1) is 15.2. The van der Waals surface area contributed by atoms with Crippen molar-refractivity contribution in [2.45, 2.75) is 65.2 Å². The standard InChI is InChI=1S/C22H30ClN3O6/c1-7-15-10-14(9-12(3)31-15)26(22(28)30-8-2)18-16-11-17(23)24-13(4)19(16)32-20(18)21(27)25(5)29-6/h11-12,14-15H,7-10H2,1-6H3/t12-,14+,15+/m1/s1. The molecule has 1 fully saturated rings. The lowest BCUT2D eigenvalue weighted by atomic mass is 9.95. The lowest BCUT2D eigenvalue weighted by molar-refractivity contribution is -0.0772. The number of aryl methyl sites for hydroxylation is 1. The van der Waals surface area contributed by atoms with E-state index in [2.05, 4.69) is 4.98 Å². The number of furan rings is 1. The van der Waals surface area contributed by atoms with Crippen LogP contribution in [-0.4, -0.2) is 61.1 Å². The van der Waals surface area contributed by atoms with Crippen LogP contribution in [0.4, 0.5) is 10.5 Å². The topological polar surface area (TPSA) is 94.3 Å². The molecular formula is C22H30ClN3O6. The van der Waals surface area contributed by atoms with E-state index in [1.54, 1.807) is 19.9 Å². The van der Waals surface area contributed by atoms with Gasteiger partial charge in [-0.1, -0.05) is 18.5 Å². The molecule has 0 N–H and O–H groups in total. The molecule has 3 heterocycles. The van der Waals surface area contributed by atoms with E-state index < -0.39 is 12.0 Å². The summed E-state index contributed by atoms with van der Waals surface area (Å²) in [6, 6.07) is 1.33. The highest BCUT2D eigenvalue weighted by atomic mass is 35.5. The van der Waals surface area contributed by atoms with Gasteiger partial charge in [-0.3, -0.25) is 14.5 Å². The summed E-state index contributed by atoms with van der Waals surface area (Å²) in [4.78, 5) is 37.3. The average Bonchev–Trinajstić information content (AvgIpc) is 3.12. The normalized spacial score (nSPS) is 20.9. The maximum absolute atomic E-state index is 13.3. The molecule has 0 aliphatic carbocycles. The maximum atomic E-state index is 13.3. The van der Waals surface area contributed by atoms with E-state index in [4.69, 9.17) is 30.3 Å². The highest BCUT2D eigenvalue weighted by molar-refractivity contribution is 6.30. The lowest BCUT2D eigenvalue weighted by Gasteiger charge is -2.39. The number of hydroxylamine groups is 2. The van der Waals surface area contributed by atoms with E-state index >= 15 is 0 Å². The highest BCUT2D eigenvalue weighted by Crippen LogP contribution is 2.40. The molecule has 176 valence electrons. The van der Waals surface area contributed by atoms with Crippen LogP contribution in [0.25, 0.3) is 11.0 Å². The van der Waals surface area contributed by atoms with Crippen molar-refractivity contribution < 1.29 is 28.3 Å². The molecule has 1 aliphatic heterocycles. The lowest BCUT2D eigenvalue weighted by Crippen LogP contribution is -2.48. The van der Waals surface area contributed by atoms with E-state index in [1.807, 2.05) is 13.8 Å². The Kier molecular flexibility index (Phi) is 7.63. The Labute approximate surface area is 192 Å². The first-order valence-electron chi connectivity index (χ1n) is 10.7. The molecule has 2 aromatic rings. The Hall–Kier alpha value is -2.36. The van der Waals surface area contributed by atoms with E-state index in [1.165, 1.54) is 19.1 Å². The third-order valence-electron chi connectivity index (χ3n) is 5.63. The van der Waals surface area contributed by atoms with Gasteiger partial charge in [-0.05, 0) is 46.1 Å². The van der Waals surface area contributed by atoms with Gasteiger partial charge in [0.15, 0.2) is 5.58 Å². The van der Waals surface area contributed by atoms with Crippen molar-refractivity contribution in [1.29, 1.82) is 0 Å². The van der Waals surface area contributed by atoms with Crippen LogP contribution >= 0.6 is 11.6 Å². The molecular weight excluding hydrogens is 438 g/mol. The predicted octanol–water partition coefficient (Wildman–Crippen LogP) is 4.73. The number of halogens is 1. The highest BCUT2D eigenvalue weighted by Gasteiger charge is 2.39. The fourth-order valence-corrected chi connectivity index (χ4v) is 4.36. The summed E-state index contributed by atoms with van der Waals surface area (Å²) in [7, 11) is 2.84. The quantitative estimate of drug-likeness (QED) is 0.447. The third kappa shape index (κ3) is 4.69. The second-order valence-corrected chi connectivity index (χ2v) is 8.23. The zero-order chi connectivity index (χ0) is 23.6. The molecule has 0 bridgehead atoms. The second-order valence-electron chi connectivity index (χ2n) is 7.84. The number of aromatic nitrogens is 1. The van der Waals surface area contributed by atoms with E-state index in [9.17, 15) is 9.59 Å². The molecule has 1 aliphatic rings. The minimum Gasteiger partial charge on any atom is -0.449 e. The molecule has 2 amide bonds. The average molecular weight is 468 g/mol. The number of anilines is 1. The van der Waals surface area contributed by atoms with Gasteiger partial charge in [-0.25, -0.2) is 14.8 Å². The van der Waals surface area contributed by atoms with Gasteiger partial charge in [0, 0.05) is 13.1 Å². The van der Waals surface area contributed by atoms with Gasteiger partial charge < -0.3 is 13.9 Å². The summed E-state index contributed by atoms with van der Waals surface area (Å²) < 4.78 is 17.4. The number of nitrogens with zero attached hydrogens (tertiary/aromatic N) is 3. The third-order valence-corrected chi connectivity index (χ3v) is 5.82. The fourth-order valence-electron chi connectivity index (χ4n) is 4.12. The molecule has 0 unspecified atom stereocenters. The zero-order valence-corrected chi connectivity index (χ0v) is 20.1. The summed E-state index contributed by atoms with van der Waals surface area (Å²) in [5.74, 6) is -0.590. The molecule has 1 saturated heterocycles. The molecule has 32 heavy (non-hydrogen) atoms. The monoisotopic (exact) mass is 467 g/mol. The van der Waals surface area contributed by atoms with Crippen molar-refractivity contribution in [3.05, 3.63) is 22.7 Å². The summed E-state index contributed by atoms with van der Waals surface area (Å²) in [6.45, 7) is 7.67. The number of pyridine rings is 1. The zero-order valence-electron chi connectivity index (χ0n) is 19.3. The largest absolute Gasteiger partial charge is 0.449 e. The predicted molar refractivity (Wildman–Crippen MR) is 120 cm³/mol. The van der Waals surface area contributed by atoms with Crippen LogP contribution in [0.15, 0.2) is 10.5 Å². The number of hydrogen-bond acceptors (Lipinski definition) is 7. The van der Waals surface area contributed by atoms with E-state index in [0.29, 0.717) is 35.2 Å². The Morgan fingerprint density at radius 2 is 2.03 bits per heavy atom. The van der Waals surface area contributed by atoms with Gasteiger partial charge in [0.25, 0.3) is 0 Å². The van der Waals surface area contributed by atoms with Crippen LogP contribution < -0.4 is 4.90 Å².